The number of rotatable bonds is 0. The van der Waals surface area contributed by atoms with Gasteiger partial charge < -0.3 is 9.47 Å². The molecular weight excluding hydrogens is 304 g/mol. The van der Waals surface area contributed by atoms with E-state index in [2.05, 4.69) is 11.8 Å². The van der Waals surface area contributed by atoms with Gasteiger partial charge in [0.25, 0.3) is 0 Å². The topological polar surface area (TPSA) is 52.6 Å². The zero-order valence-electron chi connectivity index (χ0n) is 14.3. The highest BCUT2D eigenvalue weighted by atomic mass is 16.5. The zero-order chi connectivity index (χ0) is 17.0. The number of carbonyl (C=O) groups excluding carboxylic acids is 2. The van der Waals surface area contributed by atoms with Crippen molar-refractivity contribution in [3.63, 3.8) is 0 Å². The van der Waals surface area contributed by atoms with Crippen molar-refractivity contribution in [1.29, 1.82) is 0 Å². The molecule has 0 aromatic heterocycles. The van der Waals surface area contributed by atoms with E-state index in [-0.39, 0.29) is 0 Å². The highest BCUT2D eigenvalue weighted by Gasteiger charge is 2.24. The molecule has 0 fully saturated rings. The Morgan fingerprint density at radius 3 is 1.58 bits per heavy atom. The van der Waals surface area contributed by atoms with Gasteiger partial charge in [0.15, 0.2) is 0 Å². The second-order valence-electron chi connectivity index (χ2n) is 6.06. The normalized spacial score (nSPS) is 21.5. The summed E-state index contributed by atoms with van der Waals surface area (Å²) >= 11 is 0. The molecule has 1 heterocycles. The molecule has 1 aliphatic heterocycles. The molecule has 24 heavy (non-hydrogen) atoms. The lowest BCUT2D eigenvalue weighted by Crippen LogP contribution is -2.19. The van der Waals surface area contributed by atoms with E-state index in [0.29, 0.717) is 24.4 Å². The van der Waals surface area contributed by atoms with Crippen LogP contribution in [-0.2, 0) is 19.1 Å². The summed E-state index contributed by atoms with van der Waals surface area (Å²) in [7, 11) is 0. The zero-order valence-corrected chi connectivity index (χ0v) is 14.3. The SMILES string of the molecule is O=C1OCCCCCC#CCCCCCOC(=O)C2=CCCC=C12. The first-order chi connectivity index (χ1) is 11.8. The quantitative estimate of drug-likeness (QED) is 0.500. The third-order valence-electron chi connectivity index (χ3n) is 4.08. The van der Waals surface area contributed by atoms with E-state index in [9.17, 15) is 9.59 Å². The Balaban J connectivity index is 1.96. The molecule has 2 rings (SSSR count). The Bertz CT molecular complexity index is 512. The highest BCUT2D eigenvalue weighted by Crippen LogP contribution is 2.22. The Labute approximate surface area is 144 Å². The second-order valence-corrected chi connectivity index (χ2v) is 6.06. The van der Waals surface area contributed by atoms with Gasteiger partial charge in [-0.25, -0.2) is 9.59 Å². The number of esters is 2. The Kier molecular flexibility index (Phi) is 8.17. The van der Waals surface area contributed by atoms with Crippen LogP contribution in [0.3, 0.4) is 0 Å². The molecule has 0 bridgehead atoms. The molecule has 0 spiro atoms. The molecule has 0 unspecified atom stereocenters. The van der Waals surface area contributed by atoms with Gasteiger partial charge in [-0.2, -0.15) is 0 Å². The third kappa shape index (κ3) is 6.23. The summed E-state index contributed by atoms with van der Waals surface area (Å²) in [5.41, 5.74) is 0.719. The van der Waals surface area contributed by atoms with Crippen LogP contribution in [0.5, 0.6) is 0 Å². The smallest absolute Gasteiger partial charge is 0.338 e. The van der Waals surface area contributed by atoms with Crippen LogP contribution in [0, 0.1) is 11.8 Å². The molecule has 0 N–H and O–H groups in total. The summed E-state index contributed by atoms with van der Waals surface area (Å²) in [5.74, 6) is 5.53. The van der Waals surface area contributed by atoms with E-state index in [1.54, 1.807) is 12.2 Å². The first-order valence-corrected chi connectivity index (χ1v) is 8.99. The van der Waals surface area contributed by atoms with Gasteiger partial charge in [-0.15, -0.1) is 11.8 Å². The molecule has 0 saturated heterocycles. The fourth-order valence-electron chi connectivity index (χ4n) is 2.71. The van der Waals surface area contributed by atoms with Crippen molar-refractivity contribution in [1.82, 2.24) is 0 Å². The lowest BCUT2D eigenvalue weighted by Gasteiger charge is -2.15. The van der Waals surface area contributed by atoms with Gasteiger partial charge in [0.05, 0.1) is 24.4 Å². The number of carbonyl (C=O) groups is 2. The van der Waals surface area contributed by atoms with Gasteiger partial charge in [-0.3, -0.25) is 0 Å². The van der Waals surface area contributed by atoms with E-state index in [1.807, 2.05) is 0 Å². The van der Waals surface area contributed by atoms with Crippen LogP contribution in [-0.4, -0.2) is 25.2 Å². The average molecular weight is 330 g/mol. The van der Waals surface area contributed by atoms with Gasteiger partial charge in [0, 0.05) is 12.8 Å². The first kappa shape index (κ1) is 18.3. The molecule has 0 amide bonds. The molecule has 0 aromatic rings. The maximum atomic E-state index is 12.2. The Morgan fingerprint density at radius 2 is 1.12 bits per heavy atom. The fourth-order valence-corrected chi connectivity index (χ4v) is 2.71. The highest BCUT2D eigenvalue weighted by molar-refractivity contribution is 6.07. The molecule has 2 aliphatic rings. The summed E-state index contributed by atoms with van der Waals surface area (Å²) < 4.78 is 10.6. The van der Waals surface area contributed by atoms with Crippen molar-refractivity contribution in [2.24, 2.45) is 0 Å². The number of hydrogen-bond acceptors (Lipinski definition) is 4. The molecule has 4 nitrogen and oxygen atoms in total. The summed E-state index contributed by atoms with van der Waals surface area (Å²) in [6.45, 7) is 0.762. The summed E-state index contributed by atoms with van der Waals surface area (Å²) in [4.78, 5) is 24.5. The minimum atomic E-state index is -0.418. The molecule has 0 saturated carbocycles. The largest absolute Gasteiger partial charge is 0.462 e. The molecule has 4 heteroatoms. The van der Waals surface area contributed by atoms with Crippen molar-refractivity contribution in [2.75, 3.05) is 13.2 Å². The standard InChI is InChI=1S/C20H26O4/c21-19-17-13-9-10-14-18(17)20(22)24-16-12-8-6-4-2-1-3-5-7-11-15-23-19/h13-14H,3-12,15-16H2. The van der Waals surface area contributed by atoms with Crippen LogP contribution in [0.1, 0.15) is 64.2 Å². The Morgan fingerprint density at radius 1 is 0.667 bits per heavy atom. The van der Waals surface area contributed by atoms with Crippen LogP contribution in [0.15, 0.2) is 23.3 Å². The summed E-state index contributed by atoms with van der Waals surface area (Å²) in [5, 5.41) is 0. The minimum Gasteiger partial charge on any atom is -0.462 e. The monoisotopic (exact) mass is 330 g/mol. The van der Waals surface area contributed by atoms with Gasteiger partial charge in [0.2, 0.25) is 0 Å². The van der Waals surface area contributed by atoms with Gasteiger partial charge >= 0.3 is 11.9 Å². The van der Waals surface area contributed by atoms with Gasteiger partial charge in [-0.05, 0) is 51.4 Å². The maximum Gasteiger partial charge on any atom is 0.338 e. The van der Waals surface area contributed by atoms with E-state index in [1.165, 1.54) is 0 Å². The number of allylic oxidation sites excluding steroid dienone is 2. The van der Waals surface area contributed by atoms with Crippen molar-refractivity contribution < 1.29 is 19.1 Å². The molecule has 0 radical (unpaired) electrons. The van der Waals surface area contributed by atoms with Crippen molar-refractivity contribution in [2.45, 2.75) is 64.2 Å². The van der Waals surface area contributed by atoms with Gasteiger partial charge in [0.1, 0.15) is 0 Å². The number of fused-ring (bicyclic) bond motifs is 1. The summed E-state index contributed by atoms with van der Waals surface area (Å²) in [6.07, 6.45) is 12.6. The first-order valence-electron chi connectivity index (χ1n) is 8.99. The lowest BCUT2D eigenvalue weighted by molar-refractivity contribution is -0.142. The van der Waals surface area contributed by atoms with Crippen molar-refractivity contribution in [3.05, 3.63) is 23.3 Å². The van der Waals surface area contributed by atoms with Gasteiger partial charge in [-0.1, -0.05) is 12.2 Å². The van der Waals surface area contributed by atoms with Crippen LogP contribution in [0.4, 0.5) is 0 Å². The number of hydrogen-bond donors (Lipinski definition) is 0. The molecule has 0 aromatic carbocycles. The van der Waals surface area contributed by atoms with Crippen LogP contribution >= 0.6 is 0 Å². The van der Waals surface area contributed by atoms with E-state index >= 15 is 0 Å². The summed E-state index contributed by atoms with van der Waals surface area (Å²) in [6, 6.07) is 0. The van der Waals surface area contributed by atoms with Crippen molar-refractivity contribution in [3.8, 4) is 11.8 Å². The predicted octanol–water partition coefficient (Wildman–Crippen LogP) is 3.86. The molecular formula is C20H26O4. The number of cyclic esters (lactones) is 2. The number of ether oxygens (including phenoxy) is 2. The van der Waals surface area contributed by atoms with Crippen LogP contribution in [0.25, 0.3) is 0 Å². The fraction of sp³-hybridized carbons (Fsp3) is 0.600. The molecule has 130 valence electrons. The van der Waals surface area contributed by atoms with E-state index in [4.69, 9.17) is 9.47 Å². The predicted molar refractivity (Wildman–Crippen MR) is 92.0 cm³/mol. The van der Waals surface area contributed by atoms with Crippen LogP contribution < -0.4 is 0 Å². The van der Waals surface area contributed by atoms with E-state index < -0.39 is 11.9 Å². The molecule has 0 atom stereocenters. The lowest BCUT2D eigenvalue weighted by atomic mass is 9.98. The average Bonchev–Trinajstić information content (AvgIpc) is 2.61. The molecule has 1 aliphatic carbocycles. The Hall–Kier alpha value is -2.02. The van der Waals surface area contributed by atoms with Crippen molar-refractivity contribution >= 4 is 11.9 Å². The van der Waals surface area contributed by atoms with Crippen LogP contribution in [0.2, 0.25) is 0 Å². The minimum absolute atomic E-state index is 0.359. The maximum absolute atomic E-state index is 12.2. The third-order valence-corrected chi connectivity index (χ3v) is 4.08. The second kappa shape index (κ2) is 10.7. The van der Waals surface area contributed by atoms with E-state index in [0.717, 1.165) is 64.2 Å².